The highest BCUT2D eigenvalue weighted by Gasteiger charge is 2.26. The van der Waals surface area contributed by atoms with Crippen molar-refractivity contribution < 1.29 is 9.47 Å². The summed E-state index contributed by atoms with van der Waals surface area (Å²) < 4.78 is 11.1. The Morgan fingerprint density at radius 1 is 1.14 bits per heavy atom. The molecule has 1 atom stereocenters. The summed E-state index contributed by atoms with van der Waals surface area (Å²) in [7, 11) is 3.60. The molecule has 6 nitrogen and oxygen atoms in total. The zero-order valence-corrected chi connectivity index (χ0v) is 20.4. The van der Waals surface area contributed by atoms with E-state index in [-0.39, 0.29) is 24.0 Å². The SMILES string of the molecule is CCOC1CCN(C(=NC)NCC(c2ccc(OC)cc2)N2CCCC2)CC1.I. The predicted molar refractivity (Wildman–Crippen MR) is 130 cm³/mol. The Labute approximate surface area is 193 Å². The number of ether oxygens (including phenoxy) is 2. The van der Waals surface area contributed by atoms with E-state index in [2.05, 4.69) is 51.3 Å². The first kappa shape index (κ1) is 24.2. The van der Waals surface area contributed by atoms with Gasteiger partial charge < -0.3 is 19.7 Å². The topological polar surface area (TPSA) is 49.3 Å². The average Bonchev–Trinajstić information content (AvgIpc) is 3.27. The van der Waals surface area contributed by atoms with Gasteiger partial charge in [0.1, 0.15) is 5.75 Å². The van der Waals surface area contributed by atoms with Crippen molar-refractivity contribution >= 4 is 29.9 Å². The van der Waals surface area contributed by atoms with E-state index in [1.165, 1.54) is 18.4 Å². The van der Waals surface area contributed by atoms with Crippen molar-refractivity contribution in [2.24, 2.45) is 4.99 Å². The molecular weight excluding hydrogens is 479 g/mol. The van der Waals surface area contributed by atoms with Crippen LogP contribution >= 0.6 is 24.0 Å². The number of benzene rings is 1. The Morgan fingerprint density at radius 3 is 2.34 bits per heavy atom. The van der Waals surface area contributed by atoms with Gasteiger partial charge in [-0.1, -0.05) is 12.1 Å². The monoisotopic (exact) mass is 516 g/mol. The second-order valence-electron chi connectivity index (χ2n) is 7.60. The molecule has 0 amide bonds. The number of hydrogen-bond donors (Lipinski definition) is 1. The number of rotatable bonds is 7. The van der Waals surface area contributed by atoms with Gasteiger partial charge in [0.2, 0.25) is 0 Å². The predicted octanol–water partition coefficient (Wildman–Crippen LogP) is 3.53. The van der Waals surface area contributed by atoms with Crippen molar-refractivity contribution in [3.63, 3.8) is 0 Å². The first-order valence-electron chi connectivity index (χ1n) is 10.7. The normalized spacial score (nSPS) is 19.7. The van der Waals surface area contributed by atoms with E-state index < -0.39 is 0 Å². The van der Waals surface area contributed by atoms with Gasteiger partial charge in [-0.05, 0) is 63.4 Å². The number of halogens is 1. The number of guanidine groups is 1. The summed E-state index contributed by atoms with van der Waals surface area (Å²) in [6.45, 7) is 8.07. The molecule has 7 heteroatoms. The van der Waals surface area contributed by atoms with Gasteiger partial charge in [0.05, 0.1) is 19.3 Å². The fourth-order valence-corrected chi connectivity index (χ4v) is 4.33. The molecule has 0 aliphatic carbocycles. The van der Waals surface area contributed by atoms with Gasteiger partial charge in [0.25, 0.3) is 0 Å². The third-order valence-electron chi connectivity index (χ3n) is 5.89. The number of piperidine rings is 1. The molecule has 0 bridgehead atoms. The van der Waals surface area contributed by atoms with Gasteiger partial charge in [0.15, 0.2) is 5.96 Å². The van der Waals surface area contributed by atoms with Crippen LogP contribution in [0.15, 0.2) is 29.3 Å². The Hall–Kier alpha value is -1.06. The number of aliphatic imine (C=N–C) groups is 1. The Kier molecular flexibility index (Phi) is 10.5. The summed E-state index contributed by atoms with van der Waals surface area (Å²) in [6.07, 6.45) is 5.11. The molecule has 1 aromatic carbocycles. The molecule has 2 heterocycles. The Bertz CT molecular complexity index is 612. The van der Waals surface area contributed by atoms with E-state index in [9.17, 15) is 0 Å². The molecule has 29 heavy (non-hydrogen) atoms. The highest BCUT2D eigenvalue weighted by atomic mass is 127. The van der Waals surface area contributed by atoms with E-state index in [0.717, 1.165) is 63.9 Å². The van der Waals surface area contributed by atoms with Crippen LogP contribution in [0.1, 0.15) is 44.2 Å². The molecule has 0 saturated carbocycles. The number of nitrogens with zero attached hydrogens (tertiary/aromatic N) is 3. The van der Waals surface area contributed by atoms with E-state index in [0.29, 0.717) is 12.1 Å². The lowest BCUT2D eigenvalue weighted by atomic mass is 10.1. The molecule has 1 aromatic rings. The molecule has 2 aliphatic heterocycles. The van der Waals surface area contributed by atoms with Crippen LogP contribution in [0.4, 0.5) is 0 Å². The molecule has 0 aromatic heterocycles. The first-order valence-corrected chi connectivity index (χ1v) is 10.7. The van der Waals surface area contributed by atoms with Gasteiger partial charge >= 0.3 is 0 Å². The molecule has 2 fully saturated rings. The summed E-state index contributed by atoms with van der Waals surface area (Å²) in [6, 6.07) is 8.86. The first-order chi connectivity index (χ1) is 13.7. The number of methoxy groups -OCH3 is 1. The van der Waals surface area contributed by atoms with Gasteiger partial charge in [0, 0.05) is 33.3 Å². The summed E-state index contributed by atoms with van der Waals surface area (Å²) in [4.78, 5) is 9.51. The van der Waals surface area contributed by atoms with Crippen molar-refractivity contribution in [1.82, 2.24) is 15.1 Å². The molecule has 164 valence electrons. The van der Waals surface area contributed by atoms with Crippen molar-refractivity contribution in [3.8, 4) is 5.75 Å². The molecule has 2 saturated heterocycles. The fraction of sp³-hybridized carbons (Fsp3) is 0.682. The van der Waals surface area contributed by atoms with Gasteiger partial charge in [-0.2, -0.15) is 0 Å². The molecule has 2 aliphatic rings. The molecule has 0 spiro atoms. The summed E-state index contributed by atoms with van der Waals surface area (Å²) in [5, 5.41) is 3.65. The maximum absolute atomic E-state index is 5.78. The lowest BCUT2D eigenvalue weighted by Crippen LogP contribution is -2.48. The minimum absolute atomic E-state index is 0. The van der Waals surface area contributed by atoms with Crippen LogP contribution in [0.2, 0.25) is 0 Å². The summed E-state index contributed by atoms with van der Waals surface area (Å²) >= 11 is 0. The molecule has 1 N–H and O–H groups in total. The van der Waals surface area contributed by atoms with Crippen LogP contribution < -0.4 is 10.1 Å². The minimum atomic E-state index is 0. The van der Waals surface area contributed by atoms with Crippen LogP contribution in [0.25, 0.3) is 0 Å². The van der Waals surface area contributed by atoms with E-state index in [1.807, 2.05) is 7.05 Å². The zero-order chi connectivity index (χ0) is 19.8. The Morgan fingerprint density at radius 2 is 1.79 bits per heavy atom. The van der Waals surface area contributed by atoms with Crippen molar-refractivity contribution in [2.75, 3.05) is 53.5 Å². The second-order valence-corrected chi connectivity index (χ2v) is 7.60. The fourth-order valence-electron chi connectivity index (χ4n) is 4.33. The number of hydrogen-bond acceptors (Lipinski definition) is 4. The zero-order valence-electron chi connectivity index (χ0n) is 18.1. The minimum Gasteiger partial charge on any atom is -0.497 e. The molecular formula is C22H37IN4O2. The van der Waals surface area contributed by atoms with Gasteiger partial charge in [-0.3, -0.25) is 9.89 Å². The number of likely N-dealkylation sites (tertiary alicyclic amines) is 2. The standard InChI is InChI=1S/C22H36N4O2.HI/c1-4-28-20-11-15-26(16-12-20)22(23-2)24-17-21(25-13-5-6-14-25)18-7-9-19(27-3)10-8-18;/h7-10,20-21H,4-6,11-17H2,1-3H3,(H,23,24);1H. The largest absolute Gasteiger partial charge is 0.497 e. The van der Waals surface area contributed by atoms with E-state index in [4.69, 9.17) is 9.47 Å². The van der Waals surface area contributed by atoms with Crippen LogP contribution in [0, 0.1) is 0 Å². The lowest BCUT2D eigenvalue weighted by molar-refractivity contribution is 0.0263. The van der Waals surface area contributed by atoms with Gasteiger partial charge in [-0.15, -0.1) is 24.0 Å². The smallest absolute Gasteiger partial charge is 0.193 e. The highest BCUT2D eigenvalue weighted by molar-refractivity contribution is 14.0. The van der Waals surface area contributed by atoms with Gasteiger partial charge in [-0.25, -0.2) is 0 Å². The maximum Gasteiger partial charge on any atom is 0.193 e. The average molecular weight is 516 g/mol. The number of nitrogens with one attached hydrogen (secondary N) is 1. The van der Waals surface area contributed by atoms with Crippen LogP contribution in [0.3, 0.4) is 0 Å². The van der Waals surface area contributed by atoms with Crippen molar-refractivity contribution in [1.29, 1.82) is 0 Å². The Balaban J connectivity index is 0.00000300. The van der Waals surface area contributed by atoms with Crippen molar-refractivity contribution in [2.45, 2.75) is 44.8 Å². The third kappa shape index (κ3) is 6.72. The van der Waals surface area contributed by atoms with Crippen molar-refractivity contribution in [3.05, 3.63) is 29.8 Å². The van der Waals surface area contributed by atoms with Crippen LogP contribution in [-0.4, -0.2) is 75.4 Å². The molecule has 0 radical (unpaired) electrons. The summed E-state index contributed by atoms with van der Waals surface area (Å²) in [5.74, 6) is 1.91. The van der Waals surface area contributed by atoms with Crippen LogP contribution in [0.5, 0.6) is 5.75 Å². The quantitative estimate of drug-likeness (QED) is 0.342. The molecule has 1 unspecified atom stereocenters. The third-order valence-corrected chi connectivity index (χ3v) is 5.89. The lowest BCUT2D eigenvalue weighted by Gasteiger charge is -2.35. The summed E-state index contributed by atoms with van der Waals surface area (Å²) in [5.41, 5.74) is 1.33. The second kappa shape index (κ2) is 12.6. The molecule has 3 rings (SSSR count). The van der Waals surface area contributed by atoms with Crippen LogP contribution in [-0.2, 0) is 4.74 Å². The highest BCUT2D eigenvalue weighted by Crippen LogP contribution is 2.26. The maximum atomic E-state index is 5.78. The van der Waals surface area contributed by atoms with E-state index in [1.54, 1.807) is 7.11 Å². The van der Waals surface area contributed by atoms with E-state index >= 15 is 0 Å².